The largest absolute Gasteiger partial charge is 0.352 e. The van der Waals surface area contributed by atoms with Crippen molar-refractivity contribution >= 4 is 35.6 Å². The Hall–Kier alpha value is -2.30. The Morgan fingerprint density at radius 3 is 2.36 bits per heavy atom. The number of benzene rings is 2. The first kappa shape index (κ1) is 20.7. The molecule has 0 bridgehead atoms. The molecule has 2 rings (SSSR count). The van der Waals surface area contributed by atoms with Crippen molar-refractivity contribution in [2.45, 2.75) is 13.1 Å². The summed E-state index contributed by atoms with van der Waals surface area (Å²) < 4.78 is 26.7. The monoisotopic (exact) mass is 462 g/mol. The minimum Gasteiger partial charge on any atom is -0.352 e. The predicted molar refractivity (Wildman–Crippen MR) is 102 cm³/mol. The van der Waals surface area contributed by atoms with Crippen LogP contribution in [-0.4, -0.2) is 17.9 Å². The summed E-state index contributed by atoms with van der Waals surface area (Å²) in [6.45, 7) is 0.451. The highest BCUT2D eigenvalue weighted by molar-refractivity contribution is 14.0. The van der Waals surface area contributed by atoms with Gasteiger partial charge in [0.15, 0.2) is 5.96 Å². The van der Waals surface area contributed by atoms with Crippen molar-refractivity contribution in [1.29, 1.82) is 0 Å². The van der Waals surface area contributed by atoms with Crippen molar-refractivity contribution in [2.75, 3.05) is 7.05 Å². The van der Waals surface area contributed by atoms with E-state index in [2.05, 4.69) is 15.6 Å². The molecule has 134 valence electrons. The van der Waals surface area contributed by atoms with Crippen LogP contribution in [0.15, 0.2) is 47.5 Å². The third-order valence-corrected chi connectivity index (χ3v) is 3.28. The van der Waals surface area contributed by atoms with Gasteiger partial charge in [-0.05, 0) is 23.8 Å². The molecule has 0 radical (unpaired) electrons. The fourth-order valence-electron chi connectivity index (χ4n) is 2.00. The summed E-state index contributed by atoms with van der Waals surface area (Å²) in [6, 6.07) is 9.33. The molecule has 0 aliphatic carbocycles. The van der Waals surface area contributed by atoms with E-state index in [1.165, 1.54) is 12.1 Å². The van der Waals surface area contributed by atoms with Crippen LogP contribution in [0, 0.1) is 21.7 Å². The zero-order valence-electron chi connectivity index (χ0n) is 13.3. The summed E-state index contributed by atoms with van der Waals surface area (Å²) in [5, 5.41) is 16.5. The van der Waals surface area contributed by atoms with Gasteiger partial charge < -0.3 is 10.6 Å². The van der Waals surface area contributed by atoms with Crippen molar-refractivity contribution in [2.24, 2.45) is 4.99 Å². The molecule has 0 heterocycles. The Labute approximate surface area is 160 Å². The van der Waals surface area contributed by atoms with Crippen LogP contribution < -0.4 is 10.6 Å². The average molecular weight is 462 g/mol. The topological polar surface area (TPSA) is 79.6 Å². The van der Waals surface area contributed by atoms with Gasteiger partial charge in [-0.2, -0.15) is 0 Å². The van der Waals surface area contributed by atoms with Gasteiger partial charge in [-0.1, -0.05) is 12.1 Å². The number of rotatable bonds is 5. The smallest absolute Gasteiger partial charge is 0.269 e. The third-order valence-electron chi connectivity index (χ3n) is 3.28. The van der Waals surface area contributed by atoms with E-state index in [-0.39, 0.29) is 41.8 Å². The van der Waals surface area contributed by atoms with Gasteiger partial charge in [0.2, 0.25) is 0 Å². The molecule has 0 fully saturated rings. The van der Waals surface area contributed by atoms with Crippen LogP contribution in [0.4, 0.5) is 14.5 Å². The van der Waals surface area contributed by atoms with Gasteiger partial charge in [-0.15, -0.1) is 24.0 Å². The van der Waals surface area contributed by atoms with Gasteiger partial charge >= 0.3 is 0 Å². The van der Waals surface area contributed by atoms with E-state index in [9.17, 15) is 18.9 Å². The van der Waals surface area contributed by atoms with Crippen molar-refractivity contribution in [3.05, 3.63) is 75.3 Å². The number of guanidine groups is 1. The van der Waals surface area contributed by atoms with Crippen LogP contribution in [0.25, 0.3) is 0 Å². The molecule has 0 saturated carbocycles. The fourth-order valence-corrected chi connectivity index (χ4v) is 2.00. The molecule has 0 amide bonds. The maximum atomic E-state index is 13.6. The maximum absolute atomic E-state index is 13.6. The SMILES string of the molecule is CN=C(NCc1ccc([N+](=O)[O-])cc1)NCc1cc(F)ccc1F.I. The van der Waals surface area contributed by atoms with E-state index in [1.54, 1.807) is 19.2 Å². The minimum absolute atomic E-state index is 0. The van der Waals surface area contributed by atoms with Gasteiger partial charge in [0.05, 0.1) is 4.92 Å². The van der Waals surface area contributed by atoms with Gasteiger partial charge in [0, 0.05) is 37.8 Å². The van der Waals surface area contributed by atoms with Gasteiger partial charge in [-0.3, -0.25) is 15.1 Å². The van der Waals surface area contributed by atoms with Crippen LogP contribution in [0.2, 0.25) is 0 Å². The summed E-state index contributed by atoms with van der Waals surface area (Å²) in [7, 11) is 1.55. The number of aliphatic imine (C=N–C) groups is 1. The molecule has 0 aliphatic heterocycles. The van der Waals surface area contributed by atoms with Crippen LogP contribution in [0.3, 0.4) is 0 Å². The van der Waals surface area contributed by atoms with E-state index >= 15 is 0 Å². The number of nitrogens with one attached hydrogen (secondary N) is 2. The molecule has 6 nitrogen and oxygen atoms in total. The Morgan fingerprint density at radius 2 is 1.76 bits per heavy atom. The highest BCUT2D eigenvalue weighted by atomic mass is 127. The number of nitro groups is 1. The first-order valence-electron chi connectivity index (χ1n) is 7.11. The Balaban J connectivity index is 0.00000312. The Morgan fingerprint density at radius 1 is 1.12 bits per heavy atom. The lowest BCUT2D eigenvalue weighted by Gasteiger charge is -2.12. The molecule has 0 aromatic heterocycles. The molecule has 9 heteroatoms. The average Bonchev–Trinajstić information content (AvgIpc) is 2.58. The van der Waals surface area contributed by atoms with Crippen LogP contribution in [-0.2, 0) is 13.1 Å². The molecule has 25 heavy (non-hydrogen) atoms. The van der Waals surface area contributed by atoms with E-state index in [4.69, 9.17) is 0 Å². The summed E-state index contributed by atoms with van der Waals surface area (Å²) in [6.07, 6.45) is 0. The maximum Gasteiger partial charge on any atom is 0.269 e. The third kappa shape index (κ3) is 6.25. The highest BCUT2D eigenvalue weighted by Crippen LogP contribution is 2.12. The van der Waals surface area contributed by atoms with Crippen molar-refractivity contribution in [3.8, 4) is 0 Å². The van der Waals surface area contributed by atoms with Crippen LogP contribution in [0.1, 0.15) is 11.1 Å². The number of nitro benzene ring substituents is 1. The number of hydrogen-bond donors (Lipinski definition) is 2. The summed E-state index contributed by atoms with van der Waals surface area (Å²) in [5.41, 5.74) is 1.02. The number of halogens is 3. The van der Waals surface area contributed by atoms with Crippen LogP contribution >= 0.6 is 24.0 Å². The molecule has 2 aromatic carbocycles. The van der Waals surface area contributed by atoms with Gasteiger partial charge in [-0.25, -0.2) is 8.78 Å². The van der Waals surface area contributed by atoms with Crippen molar-refractivity contribution in [3.63, 3.8) is 0 Å². The second-order valence-corrected chi connectivity index (χ2v) is 4.94. The van der Waals surface area contributed by atoms with E-state index in [1.807, 2.05) is 0 Å². The predicted octanol–water partition coefficient (Wildman–Crippen LogP) is 3.36. The Bertz CT molecular complexity index is 754. The molecule has 2 N–H and O–H groups in total. The normalized spacial score (nSPS) is 10.8. The molecular formula is C16H17F2IN4O2. The zero-order valence-corrected chi connectivity index (χ0v) is 15.7. The number of hydrogen-bond acceptors (Lipinski definition) is 3. The highest BCUT2D eigenvalue weighted by Gasteiger charge is 2.06. The molecule has 2 aromatic rings. The summed E-state index contributed by atoms with van der Waals surface area (Å²) in [4.78, 5) is 14.1. The molecule has 0 unspecified atom stereocenters. The van der Waals surface area contributed by atoms with Crippen LogP contribution in [0.5, 0.6) is 0 Å². The second-order valence-electron chi connectivity index (χ2n) is 4.94. The first-order valence-corrected chi connectivity index (χ1v) is 7.11. The summed E-state index contributed by atoms with van der Waals surface area (Å²) >= 11 is 0. The standard InChI is InChI=1S/C16H16F2N4O2.HI/c1-19-16(21-10-12-8-13(17)4-7-15(12)18)20-9-11-2-5-14(6-3-11)22(23)24;/h2-8H,9-10H2,1H3,(H2,19,20,21);1H. The number of non-ortho nitro benzene ring substituents is 1. The summed E-state index contributed by atoms with van der Waals surface area (Å²) in [5.74, 6) is -0.617. The van der Waals surface area contributed by atoms with E-state index < -0.39 is 16.6 Å². The lowest BCUT2D eigenvalue weighted by molar-refractivity contribution is -0.384. The first-order chi connectivity index (χ1) is 11.5. The minimum atomic E-state index is -0.512. The van der Waals surface area contributed by atoms with Gasteiger partial charge in [0.1, 0.15) is 11.6 Å². The van der Waals surface area contributed by atoms with Crippen molar-refractivity contribution in [1.82, 2.24) is 10.6 Å². The fraction of sp³-hybridized carbons (Fsp3) is 0.188. The lowest BCUT2D eigenvalue weighted by atomic mass is 10.2. The van der Waals surface area contributed by atoms with Gasteiger partial charge in [0.25, 0.3) is 5.69 Å². The lowest BCUT2D eigenvalue weighted by Crippen LogP contribution is -2.36. The number of nitrogens with zero attached hydrogens (tertiary/aromatic N) is 2. The molecular weight excluding hydrogens is 445 g/mol. The Kier molecular flexibility index (Phi) is 8.19. The van der Waals surface area contributed by atoms with Crippen molar-refractivity contribution < 1.29 is 13.7 Å². The van der Waals surface area contributed by atoms with E-state index in [0.29, 0.717) is 12.5 Å². The molecule has 0 atom stereocenters. The molecule has 0 aliphatic rings. The molecule has 0 spiro atoms. The second kappa shape index (κ2) is 9.87. The van der Waals surface area contributed by atoms with E-state index in [0.717, 1.165) is 23.8 Å². The quantitative estimate of drug-likeness (QED) is 0.235. The zero-order chi connectivity index (χ0) is 17.5. The molecule has 0 saturated heterocycles.